The van der Waals surface area contributed by atoms with E-state index in [1.807, 2.05) is 0 Å². The van der Waals surface area contributed by atoms with Gasteiger partial charge in [0, 0.05) is 55.0 Å². The van der Waals surface area contributed by atoms with E-state index in [1.165, 1.54) is 43.6 Å². The predicted molar refractivity (Wildman–Crippen MR) is 203 cm³/mol. The highest BCUT2D eigenvalue weighted by Crippen LogP contribution is 2.34. The first kappa shape index (κ1) is 27.7. The first-order valence-corrected chi connectivity index (χ1v) is 17.2. The van der Waals surface area contributed by atoms with Gasteiger partial charge in [0.15, 0.2) is 17.5 Å². The summed E-state index contributed by atoms with van der Waals surface area (Å²) in [6.07, 6.45) is 0. The van der Waals surface area contributed by atoms with Gasteiger partial charge in [0.25, 0.3) is 0 Å². The summed E-state index contributed by atoms with van der Waals surface area (Å²) in [7, 11) is 0. The number of thiophene rings is 1. The molecule has 230 valence electrons. The van der Waals surface area contributed by atoms with Crippen molar-refractivity contribution in [2.45, 2.75) is 0 Å². The van der Waals surface area contributed by atoms with Gasteiger partial charge in [-0.15, -0.1) is 0 Å². The van der Waals surface area contributed by atoms with Gasteiger partial charge in [-0.2, -0.15) is 11.3 Å². The average Bonchev–Trinajstić information content (AvgIpc) is 3.91. The highest BCUT2D eigenvalue weighted by molar-refractivity contribution is 7.08. The molecule has 0 spiro atoms. The Balaban J connectivity index is 1.07. The van der Waals surface area contributed by atoms with Crippen LogP contribution in [0.3, 0.4) is 0 Å². The number of nitrogens with zero attached hydrogens (tertiary/aromatic N) is 5. The minimum atomic E-state index is 0.645. The second-order valence-electron chi connectivity index (χ2n) is 12.2. The molecule has 0 aliphatic rings. The molecule has 5 nitrogen and oxygen atoms in total. The molecule has 4 heterocycles. The van der Waals surface area contributed by atoms with Crippen molar-refractivity contribution in [2.75, 3.05) is 0 Å². The van der Waals surface area contributed by atoms with E-state index in [1.54, 1.807) is 11.3 Å². The smallest absolute Gasteiger partial charge is 0.164 e. The number of fused-ring (bicyclic) bond motifs is 6. The maximum atomic E-state index is 5.04. The fourth-order valence-electron chi connectivity index (χ4n) is 7.08. The van der Waals surface area contributed by atoms with E-state index in [4.69, 9.17) is 15.0 Å². The van der Waals surface area contributed by atoms with Crippen molar-refractivity contribution < 1.29 is 0 Å². The van der Waals surface area contributed by atoms with Crippen LogP contribution in [0.25, 0.3) is 89.2 Å². The summed E-state index contributed by atoms with van der Waals surface area (Å²) in [5.74, 6) is 1.96. The lowest BCUT2D eigenvalue weighted by Gasteiger charge is -2.11. The van der Waals surface area contributed by atoms with Gasteiger partial charge < -0.3 is 9.13 Å². The molecule has 0 N–H and O–H groups in total. The Bertz CT molecular complexity index is 2530. The topological polar surface area (TPSA) is 48.5 Å². The second kappa shape index (κ2) is 11.1. The summed E-state index contributed by atoms with van der Waals surface area (Å²) in [5.41, 5.74) is 9.78. The van der Waals surface area contributed by atoms with Crippen molar-refractivity contribution in [3.05, 3.63) is 162 Å². The van der Waals surface area contributed by atoms with Crippen LogP contribution in [0.2, 0.25) is 0 Å². The molecule has 0 amide bonds. The van der Waals surface area contributed by atoms with Crippen molar-refractivity contribution in [1.29, 1.82) is 0 Å². The zero-order chi connectivity index (χ0) is 32.3. The van der Waals surface area contributed by atoms with E-state index in [2.05, 4.69) is 172 Å². The zero-order valence-corrected chi connectivity index (χ0v) is 27.0. The van der Waals surface area contributed by atoms with Crippen molar-refractivity contribution >= 4 is 54.9 Å². The van der Waals surface area contributed by atoms with Gasteiger partial charge >= 0.3 is 0 Å². The lowest BCUT2D eigenvalue weighted by Crippen LogP contribution is -2.00. The quantitative estimate of drug-likeness (QED) is 0.187. The largest absolute Gasteiger partial charge is 0.309 e. The maximum absolute atomic E-state index is 5.04. The summed E-state index contributed by atoms with van der Waals surface area (Å²) in [6, 6.07) is 53.4. The van der Waals surface area contributed by atoms with Crippen molar-refractivity contribution in [2.24, 2.45) is 0 Å². The van der Waals surface area contributed by atoms with Crippen LogP contribution >= 0.6 is 11.3 Å². The summed E-state index contributed by atoms with van der Waals surface area (Å²) >= 11 is 1.64. The van der Waals surface area contributed by atoms with Crippen LogP contribution < -0.4 is 0 Å². The lowest BCUT2D eigenvalue weighted by molar-refractivity contribution is 1.07. The van der Waals surface area contributed by atoms with Crippen LogP contribution in [0.4, 0.5) is 0 Å². The fourth-order valence-corrected chi connectivity index (χ4v) is 7.71. The Morgan fingerprint density at radius 2 is 0.694 bits per heavy atom. The summed E-state index contributed by atoms with van der Waals surface area (Å²) in [5, 5.41) is 9.12. The third kappa shape index (κ3) is 4.49. The Labute approximate surface area is 286 Å². The monoisotopic (exact) mass is 645 g/mol. The summed E-state index contributed by atoms with van der Waals surface area (Å²) < 4.78 is 4.64. The molecule has 0 saturated carbocycles. The van der Waals surface area contributed by atoms with Crippen molar-refractivity contribution in [3.63, 3.8) is 0 Å². The van der Waals surface area contributed by atoms with E-state index in [0.717, 1.165) is 28.1 Å². The van der Waals surface area contributed by atoms with Gasteiger partial charge in [0.1, 0.15) is 0 Å². The van der Waals surface area contributed by atoms with E-state index < -0.39 is 0 Å². The molecule has 6 aromatic carbocycles. The highest BCUT2D eigenvalue weighted by atomic mass is 32.1. The van der Waals surface area contributed by atoms with E-state index in [-0.39, 0.29) is 0 Å². The van der Waals surface area contributed by atoms with Gasteiger partial charge in [0.2, 0.25) is 0 Å². The van der Waals surface area contributed by atoms with Crippen LogP contribution in [0.5, 0.6) is 0 Å². The minimum absolute atomic E-state index is 0.645. The lowest BCUT2D eigenvalue weighted by atomic mass is 10.1. The number of rotatable bonds is 5. The van der Waals surface area contributed by atoms with Gasteiger partial charge in [-0.05, 0) is 84.2 Å². The van der Waals surface area contributed by atoms with E-state index in [9.17, 15) is 0 Å². The Morgan fingerprint density at radius 3 is 1.04 bits per heavy atom. The van der Waals surface area contributed by atoms with Crippen molar-refractivity contribution in [1.82, 2.24) is 24.1 Å². The molecule has 49 heavy (non-hydrogen) atoms. The number of para-hydroxylation sites is 4. The van der Waals surface area contributed by atoms with Gasteiger partial charge in [0.05, 0.1) is 22.1 Å². The SMILES string of the molecule is c1ccc2c(c1)c1ccccc1n2-c1ccc(-c2nc(-c3ccc(-n4c5ccccc5c5ccccc54)cc3)nc(-c3ccsc3)n2)cc1. The van der Waals surface area contributed by atoms with E-state index in [0.29, 0.717) is 17.5 Å². The molecule has 0 aliphatic heterocycles. The first-order valence-electron chi connectivity index (χ1n) is 16.3. The molecule has 0 radical (unpaired) electrons. The summed E-state index contributed by atoms with van der Waals surface area (Å²) in [6.45, 7) is 0. The number of hydrogen-bond donors (Lipinski definition) is 0. The Morgan fingerprint density at radius 1 is 0.347 bits per heavy atom. The molecule has 10 aromatic rings. The van der Waals surface area contributed by atoms with Gasteiger partial charge in [-0.1, -0.05) is 72.8 Å². The van der Waals surface area contributed by atoms with Crippen LogP contribution in [-0.4, -0.2) is 24.1 Å². The molecule has 4 aromatic heterocycles. The molecule has 0 aliphatic carbocycles. The maximum Gasteiger partial charge on any atom is 0.164 e. The molecule has 0 saturated heterocycles. The highest BCUT2D eigenvalue weighted by Gasteiger charge is 2.16. The van der Waals surface area contributed by atoms with Crippen LogP contribution in [-0.2, 0) is 0 Å². The molecule has 6 heteroatoms. The standard InChI is InChI=1S/C43H27N5S/c1-5-13-37-33(9-1)34-10-2-6-14-38(34)47(37)31-21-17-28(18-22-31)41-44-42(46-43(45-41)30-25-26-49-27-30)29-19-23-32(24-20-29)48-39-15-7-3-11-35(39)36-12-4-8-16-40(36)48/h1-27H. The number of aromatic nitrogens is 5. The minimum Gasteiger partial charge on any atom is -0.309 e. The molecule has 0 bridgehead atoms. The first-order chi connectivity index (χ1) is 24.3. The molecular weight excluding hydrogens is 619 g/mol. The second-order valence-corrected chi connectivity index (χ2v) is 12.9. The molecular formula is C43H27N5S. The number of hydrogen-bond acceptors (Lipinski definition) is 4. The van der Waals surface area contributed by atoms with Crippen LogP contribution in [0.1, 0.15) is 0 Å². The van der Waals surface area contributed by atoms with Crippen LogP contribution in [0, 0.1) is 0 Å². The Kier molecular flexibility index (Phi) is 6.29. The van der Waals surface area contributed by atoms with Gasteiger partial charge in [-0.25, -0.2) is 15.0 Å². The molecule has 0 unspecified atom stereocenters. The normalized spacial score (nSPS) is 11.7. The van der Waals surface area contributed by atoms with Gasteiger partial charge in [-0.3, -0.25) is 0 Å². The van der Waals surface area contributed by atoms with E-state index >= 15 is 0 Å². The Hall–Kier alpha value is -6.37. The molecule has 0 atom stereocenters. The predicted octanol–water partition coefficient (Wildman–Crippen LogP) is 11.1. The average molecular weight is 646 g/mol. The summed E-state index contributed by atoms with van der Waals surface area (Å²) in [4.78, 5) is 15.0. The molecule has 10 rings (SSSR count). The third-order valence-electron chi connectivity index (χ3n) is 9.34. The van der Waals surface area contributed by atoms with Crippen molar-refractivity contribution in [3.8, 4) is 45.5 Å². The van der Waals surface area contributed by atoms with Crippen LogP contribution in [0.15, 0.2) is 162 Å². The number of benzene rings is 6. The zero-order valence-electron chi connectivity index (χ0n) is 26.2. The third-order valence-corrected chi connectivity index (χ3v) is 10.0. The fraction of sp³-hybridized carbons (Fsp3) is 0. The molecule has 0 fully saturated rings.